The average molecular weight is 909 g/mol. The number of nitrogen functional groups attached to an aromatic ring is 2. The predicted molar refractivity (Wildman–Crippen MR) is 233 cm³/mol. The smallest absolute Gasteiger partial charge is 0.277 e. The molecular weight excluding hydrogens is 865 g/mol. The number of thiazole rings is 2. The van der Waals surface area contributed by atoms with Crippen LogP contribution >= 0.6 is 22.7 Å². The van der Waals surface area contributed by atoms with Crippen LogP contribution in [-0.2, 0) is 0 Å². The van der Waals surface area contributed by atoms with Crippen molar-refractivity contribution in [3.05, 3.63) is 96.1 Å². The number of carbonyl (C=O) groups excluding carboxylic acids is 2. The molecule has 6 aromatic rings. The molecule has 2 saturated heterocycles. The minimum Gasteiger partial charge on any atom is -0.476 e. The van der Waals surface area contributed by atoms with Crippen LogP contribution in [0.2, 0.25) is 0 Å². The van der Waals surface area contributed by atoms with E-state index in [1.165, 1.54) is 37.2 Å². The third-order valence-electron chi connectivity index (χ3n) is 9.77. The molecule has 8 N–H and O–H groups in total. The van der Waals surface area contributed by atoms with Crippen molar-refractivity contribution in [3.8, 4) is 32.9 Å². The van der Waals surface area contributed by atoms with Crippen molar-refractivity contribution >= 4 is 55.9 Å². The van der Waals surface area contributed by atoms with Gasteiger partial charge in [-0.05, 0) is 88.0 Å². The summed E-state index contributed by atoms with van der Waals surface area (Å²) in [5, 5.41) is 11.8. The maximum Gasteiger partial charge on any atom is 0.277 e. The number of rotatable bonds is 12. The summed E-state index contributed by atoms with van der Waals surface area (Å²) < 4.78 is 67.9. The van der Waals surface area contributed by atoms with Gasteiger partial charge >= 0.3 is 0 Å². The molecule has 0 atom stereocenters. The Labute approximate surface area is 367 Å². The largest absolute Gasteiger partial charge is 0.476 e. The van der Waals surface area contributed by atoms with Crippen molar-refractivity contribution in [2.24, 2.45) is 11.8 Å². The second-order valence-corrected chi connectivity index (χ2v) is 16.1. The number of carbonyl (C=O) groups is 2. The highest BCUT2D eigenvalue weighted by Gasteiger charge is 2.25. The maximum absolute atomic E-state index is 14.1. The van der Waals surface area contributed by atoms with E-state index in [-0.39, 0.29) is 73.1 Å². The first-order valence-corrected chi connectivity index (χ1v) is 21.0. The fourth-order valence-corrected chi connectivity index (χ4v) is 8.25. The number of hydrogen-bond acceptors (Lipinski definition) is 16. The number of ether oxygens (including phenoxy) is 2. The van der Waals surface area contributed by atoms with Gasteiger partial charge in [-0.1, -0.05) is 42.2 Å². The van der Waals surface area contributed by atoms with Crippen LogP contribution < -0.4 is 42.2 Å². The summed E-state index contributed by atoms with van der Waals surface area (Å²) in [6.07, 6.45) is 9.45. The van der Waals surface area contributed by atoms with Crippen LogP contribution in [0.15, 0.2) is 61.4 Å². The molecular formula is C41H44F4N12O4S2. The number of aromatic nitrogens is 6. The van der Waals surface area contributed by atoms with Crippen LogP contribution in [0.3, 0.4) is 0 Å². The molecule has 2 fully saturated rings. The lowest BCUT2D eigenvalue weighted by molar-refractivity contribution is 0.101. The average Bonchev–Trinajstić information content (AvgIpc) is 3.85. The number of anilines is 4. The van der Waals surface area contributed by atoms with Crippen molar-refractivity contribution in [3.63, 3.8) is 0 Å². The van der Waals surface area contributed by atoms with Gasteiger partial charge in [0.1, 0.15) is 67.3 Å². The highest BCUT2D eigenvalue weighted by molar-refractivity contribution is 7.19. The Morgan fingerprint density at radius 3 is 1.38 bits per heavy atom. The van der Waals surface area contributed by atoms with Gasteiger partial charge in [0, 0.05) is 0 Å². The first kappa shape index (κ1) is 46.2. The fraction of sp³-hybridized carbons (Fsp3) is 0.317. The number of halogens is 4. The van der Waals surface area contributed by atoms with E-state index in [2.05, 4.69) is 51.2 Å². The molecule has 332 valence electrons. The quantitative estimate of drug-likeness (QED) is 0.0693. The number of nitrogens with one attached hydrogen (secondary N) is 4. The van der Waals surface area contributed by atoms with Gasteiger partial charge in [-0.15, -0.1) is 0 Å². The van der Waals surface area contributed by atoms with E-state index in [0.29, 0.717) is 25.0 Å². The molecule has 0 saturated carbocycles. The Hall–Kier alpha value is -6.36. The van der Waals surface area contributed by atoms with E-state index < -0.39 is 35.1 Å². The second kappa shape index (κ2) is 21.6. The van der Waals surface area contributed by atoms with Crippen molar-refractivity contribution < 1.29 is 36.6 Å². The monoisotopic (exact) mass is 908 g/mol. The molecule has 0 unspecified atom stereocenters. The molecule has 6 heterocycles. The van der Waals surface area contributed by atoms with Crippen molar-refractivity contribution in [2.45, 2.75) is 33.1 Å². The van der Waals surface area contributed by atoms with Gasteiger partial charge in [-0.25, -0.2) is 37.5 Å². The van der Waals surface area contributed by atoms with E-state index in [1.54, 1.807) is 0 Å². The third kappa shape index (κ3) is 11.6. The van der Waals surface area contributed by atoms with Crippen LogP contribution in [0.5, 0.6) is 11.8 Å². The lowest BCUT2D eigenvalue weighted by Gasteiger charge is -2.22. The SMILES string of the molecule is C.Nc1sc(-c2c(F)cccc2F)nc1C(=O)Nc1cncnc1OCC1CCNCC1.Nc1sc(-c2c(F)cccc2F)nc1C(=O)Nc1cncnc1OCC1CCNCC1. The highest BCUT2D eigenvalue weighted by atomic mass is 32.1. The number of benzene rings is 2. The summed E-state index contributed by atoms with van der Waals surface area (Å²) in [6, 6.07) is 6.96. The minimum absolute atomic E-state index is 0. The number of hydrogen-bond donors (Lipinski definition) is 6. The molecule has 22 heteroatoms. The standard InChI is InChI=1S/2C20H20F2N6O2S.CH4/c2*21-12-2-1-3-13(22)15(12)20-28-16(17(23)31-20)18(29)27-14-8-25-10-26-19(14)30-9-11-4-6-24-7-5-11;/h2*1-3,8,10-11,24H,4-7,9,23H2,(H,27,29);1H4. The molecule has 8 rings (SSSR count). The Bertz CT molecular complexity index is 2310. The Morgan fingerprint density at radius 1 is 0.651 bits per heavy atom. The number of nitrogens with zero attached hydrogens (tertiary/aromatic N) is 6. The summed E-state index contributed by atoms with van der Waals surface area (Å²) >= 11 is 1.65. The molecule has 4 aromatic heterocycles. The predicted octanol–water partition coefficient (Wildman–Crippen LogP) is 6.82. The molecule has 63 heavy (non-hydrogen) atoms. The molecule has 0 radical (unpaired) electrons. The molecule has 2 aromatic carbocycles. The summed E-state index contributed by atoms with van der Waals surface area (Å²) in [6.45, 7) is 4.70. The molecule has 2 aliphatic heterocycles. The van der Waals surface area contributed by atoms with Crippen LogP contribution in [0, 0.1) is 35.1 Å². The van der Waals surface area contributed by atoms with E-state index in [9.17, 15) is 27.2 Å². The molecule has 2 aliphatic rings. The highest BCUT2D eigenvalue weighted by Crippen LogP contribution is 2.36. The van der Waals surface area contributed by atoms with E-state index >= 15 is 0 Å². The van der Waals surface area contributed by atoms with Crippen LogP contribution in [-0.4, -0.2) is 81.1 Å². The van der Waals surface area contributed by atoms with Gasteiger partial charge in [-0.2, -0.15) is 9.97 Å². The van der Waals surface area contributed by atoms with E-state index in [1.807, 2.05) is 0 Å². The molecule has 0 bridgehead atoms. The van der Waals surface area contributed by atoms with E-state index in [0.717, 1.165) is 98.8 Å². The Kier molecular flexibility index (Phi) is 15.8. The molecule has 2 amide bonds. The first-order valence-electron chi connectivity index (χ1n) is 19.4. The van der Waals surface area contributed by atoms with Crippen molar-refractivity contribution in [1.82, 2.24) is 40.5 Å². The van der Waals surface area contributed by atoms with Gasteiger partial charge in [-0.3, -0.25) is 9.59 Å². The number of nitrogens with two attached hydrogens (primary N) is 2. The zero-order valence-electron chi connectivity index (χ0n) is 32.8. The summed E-state index contributed by atoms with van der Waals surface area (Å²) in [4.78, 5) is 49.7. The van der Waals surface area contributed by atoms with Gasteiger partial charge in [0.05, 0.1) is 36.7 Å². The normalized spacial score (nSPS) is 14.2. The van der Waals surface area contributed by atoms with Crippen LogP contribution in [0.1, 0.15) is 54.1 Å². The topological polar surface area (TPSA) is 230 Å². The van der Waals surface area contributed by atoms with Crippen molar-refractivity contribution in [2.75, 3.05) is 61.5 Å². The van der Waals surface area contributed by atoms with Gasteiger partial charge in [0.25, 0.3) is 11.8 Å². The lowest BCUT2D eigenvalue weighted by atomic mass is 9.99. The number of amides is 2. The summed E-state index contributed by atoms with van der Waals surface area (Å²) in [5.74, 6) is -3.20. The van der Waals surface area contributed by atoms with E-state index in [4.69, 9.17) is 20.9 Å². The Morgan fingerprint density at radius 2 is 1.02 bits per heavy atom. The molecule has 0 aliphatic carbocycles. The lowest BCUT2D eigenvalue weighted by Crippen LogP contribution is -2.30. The number of piperidine rings is 2. The first-order chi connectivity index (χ1) is 30.0. The van der Waals surface area contributed by atoms with Gasteiger partial charge in [0.15, 0.2) is 11.4 Å². The van der Waals surface area contributed by atoms with Crippen LogP contribution in [0.4, 0.5) is 38.9 Å². The minimum atomic E-state index is -0.786. The molecule has 16 nitrogen and oxygen atoms in total. The fourth-order valence-electron chi connectivity index (χ4n) is 6.50. The summed E-state index contributed by atoms with van der Waals surface area (Å²) in [5.41, 5.74) is 11.4. The van der Waals surface area contributed by atoms with Gasteiger partial charge in [0.2, 0.25) is 11.8 Å². The maximum atomic E-state index is 14.1. The Balaban J connectivity index is 0.000000206. The summed E-state index contributed by atoms with van der Waals surface area (Å²) in [7, 11) is 0. The zero-order chi connectivity index (χ0) is 43.6. The van der Waals surface area contributed by atoms with Crippen molar-refractivity contribution in [1.29, 1.82) is 0 Å². The third-order valence-corrected chi connectivity index (χ3v) is 11.6. The zero-order valence-corrected chi connectivity index (χ0v) is 34.4. The van der Waals surface area contributed by atoms with Gasteiger partial charge < -0.3 is 42.2 Å². The molecule has 0 spiro atoms. The second-order valence-electron chi connectivity index (χ2n) is 14.1. The van der Waals surface area contributed by atoms with Crippen LogP contribution in [0.25, 0.3) is 21.1 Å².